The Kier molecular flexibility index (Phi) is 6.54. The van der Waals surface area contributed by atoms with Crippen molar-refractivity contribution in [2.75, 3.05) is 18.9 Å². The Labute approximate surface area is 112 Å². The highest BCUT2D eigenvalue weighted by Crippen LogP contribution is 2.16. The van der Waals surface area contributed by atoms with Gasteiger partial charge < -0.3 is 10.5 Å². The minimum atomic E-state index is -0.965. The van der Waals surface area contributed by atoms with Crippen molar-refractivity contribution >= 4 is 10.8 Å². The van der Waals surface area contributed by atoms with Gasteiger partial charge in [0.05, 0.1) is 16.9 Å². The molecular formula is C14H23NO2S. The predicted octanol–water partition coefficient (Wildman–Crippen LogP) is 2.16. The highest BCUT2D eigenvalue weighted by atomic mass is 32.2. The summed E-state index contributed by atoms with van der Waals surface area (Å²) in [6, 6.07) is 6.03. The number of hydrogen-bond donors (Lipinski definition) is 1. The molecule has 1 rings (SSSR count). The quantitative estimate of drug-likeness (QED) is 0.825. The molecule has 1 aromatic rings. The van der Waals surface area contributed by atoms with Crippen molar-refractivity contribution in [3.8, 4) is 0 Å². The summed E-state index contributed by atoms with van der Waals surface area (Å²) in [7, 11) is -0.965. The zero-order valence-electron chi connectivity index (χ0n) is 11.4. The Morgan fingerprint density at radius 1 is 1.39 bits per heavy atom. The molecule has 0 bridgehead atoms. The van der Waals surface area contributed by atoms with E-state index in [0.29, 0.717) is 18.9 Å². The van der Waals surface area contributed by atoms with Crippen LogP contribution in [0.4, 0.5) is 0 Å². The summed E-state index contributed by atoms with van der Waals surface area (Å²) >= 11 is 0. The second-order valence-corrected chi connectivity index (χ2v) is 5.96. The Morgan fingerprint density at radius 3 is 2.67 bits per heavy atom. The van der Waals surface area contributed by atoms with Crippen molar-refractivity contribution in [1.29, 1.82) is 0 Å². The third-order valence-electron chi connectivity index (χ3n) is 2.87. The number of nitrogens with two attached hydrogens (primary N) is 1. The van der Waals surface area contributed by atoms with Crippen LogP contribution in [0.2, 0.25) is 0 Å². The first-order chi connectivity index (χ1) is 8.58. The van der Waals surface area contributed by atoms with Gasteiger partial charge >= 0.3 is 0 Å². The molecule has 0 radical (unpaired) electrons. The molecule has 0 aromatic heterocycles. The maximum Gasteiger partial charge on any atom is 0.0706 e. The molecule has 18 heavy (non-hydrogen) atoms. The van der Waals surface area contributed by atoms with Gasteiger partial charge in [0.1, 0.15) is 0 Å². The fourth-order valence-electron chi connectivity index (χ4n) is 1.91. The van der Waals surface area contributed by atoms with Crippen molar-refractivity contribution in [3.63, 3.8) is 0 Å². The average molecular weight is 269 g/mol. The maximum atomic E-state index is 12.2. The van der Waals surface area contributed by atoms with Crippen molar-refractivity contribution in [3.05, 3.63) is 29.3 Å². The number of ether oxygens (including phenoxy) is 1. The Hall–Kier alpha value is -0.710. The molecule has 102 valence electrons. The lowest BCUT2D eigenvalue weighted by molar-refractivity contribution is 0.0672. The first-order valence-corrected chi connectivity index (χ1v) is 7.67. The second-order valence-electron chi connectivity index (χ2n) is 4.42. The topological polar surface area (TPSA) is 52.3 Å². The van der Waals surface area contributed by atoms with Crippen molar-refractivity contribution in [2.24, 2.45) is 5.73 Å². The van der Waals surface area contributed by atoms with Crippen LogP contribution < -0.4 is 5.73 Å². The lowest BCUT2D eigenvalue weighted by Crippen LogP contribution is -2.25. The molecule has 1 aromatic carbocycles. The van der Waals surface area contributed by atoms with E-state index in [2.05, 4.69) is 6.07 Å². The van der Waals surface area contributed by atoms with E-state index in [1.165, 1.54) is 5.56 Å². The van der Waals surface area contributed by atoms with Crippen molar-refractivity contribution in [1.82, 2.24) is 0 Å². The normalized spacial score (nSPS) is 14.4. The van der Waals surface area contributed by atoms with Crippen LogP contribution in [-0.4, -0.2) is 29.2 Å². The monoisotopic (exact) mass is 269 g/mol. The molecule has 0 heterocycles. The van der Waals surface area contributed by atoms with Gasteiger partial charge in [0, 0.05) is 23.8 Å². The molecule has 0 saturated heterocycles. The molecule has 0 aliphatic heterocycles. The van der Waals surface area contributed by atoms with Crippen LogP contribution in [0, 0.1) is 13.8 Å². The van der Waals surface area contributed by atoms with Crippen molar-refractivity contribution in [2.45, 2.75) is 38.2 Å². The van der Waals surface area contributed by atoms with E-state index >= 15 is 0 Å². The Morgan fingerprint density at radius 2 is 2.11 bits per heavy atom. The third kappa shape index (κ3) is 4.52. The van der Waals surface area contributed by atoms with Gasteiger partial charge in [-0.2, -0.15) is 0 Å². The first kappa shape index (κ1) is 15.3. The van der Waals surface area contributed by atoms with Gasteiger partial charge in [-0.3, -0.25) is 4.21 Å². The van der Waals surface area contributed by atoms with Crippen LogP contribution in [0.3, 0.4) is 0 Å². The van der Waals surface area contributed by atoms with E-state index in [9.17, 15) is 4.21 Å². The minimum absolute atomic E-state index is 0.0182. The molecule has 2 N–H and O–H groups in total. The van der Waals surface area contributed by atoms with Crippen LogP contribution in [0.5, 0.6) is 0 Å². The highest BCUT2D eigenvalue weighted by Gasteiger charge is 2.11. The largest absolute Gasteiger partial charge is 0.377 e. The van der Waals surface area contributed by atoms with E-state index in [1.54, 1.807) is 0 Å². The summed E-state index contributed by atoms with van der Waals surface area (Å²) in [5, 5.41) is 0. The molecule has 4 heteroatoms. The number of benzene rings is 1. The lowest BCUT2D eigenvalue weighted by Gasteiger charge is -2.14. The highest BCUT2D eigenvalue weighted by molar-refractivity contribution is 7.85. The van der Waals surface area contributed by atoms with Crippen LogP contribution in [-0.2, 0) is 15.5 Å². The molecule has 0 amide bonds. The van der Waals surface area contributed by atoms with E-state index in [-0.39, 0.29) is 6.10 Å². The third-order valence-corrected chi connectivity index (χ3v) is 4.42. The fourth-order valence-corrected chi connectivity index (χ4v) is 3.24. The molecule has 0 aliphatic carbocycles. The molecular weight excluding hydrogens is 246 g/mol. The summed E-state index contributed by atoms with van der Waals surface area (Å²) in [6.07, 6.45) is 0.759. The van der Waals surface area contributed by atoms with E-state index in [1.807, 2.05) is 32.9 Å². The number of aryl methyl sites for hydroxylation is 2. The Bertz CT molecular complexity index is 407. The molecule has 0 fully saturated rings. The summed E-state index contributed by atoms with van der Waals surface area (Å²) < 4.78 is 17.7. The van der Waals surface area contributed by atoms with Gasteiger partial charge in [0.25, 0.3) is 0 Å². The summed E-state index contributed by atoms with van der Waals surface area (Å²) in [5.74, 6) is 0.603. The zero-order valence-corrected chi connectivity index (χ0v) is 12.3. The van der Waals surface area contributed by atoms with E-state index in [4.69, 9.17) is 10.5 Å². The van der Waals surface area contributed by atoms with Crippen LogP contribution in [0.25, 0.3) is 0 Å². The zero-order chi connectivity index (χ0) is 13.5. The van der Waals surface area contributed by atoms with Gasteiger partial charge in [0.15, 0.2) is 0 Å². The van der Waals surface area contributed by atoms with E-state index < -0.39 is 10.8 Å². The van der Waals surface area contributed by atoms with Crippen LogP contribution in [0.15, 0.2) is 23.1 Å². The number of hydrogen-bond acceptors (Lipinski definition) is 3. The fraction of sp³-hybridized carbons (Fsp3) is 0.571. The minimum Gasteiger partial charge on any atom is -0.377 e. The standard InChI is InChI=1S/C14H23NO2S/c1-4-17-13(10-15)7-8-18(16)14-6-5-11(2)9-12(14)3/h5-6,9,13H,4,7-8,10,15H2,1-3H3. The number of rotatable bonds is 7. The van der Waals surface area contributed by atoms with Gasteiger partial charge in [-0.1, -0.05) is 17.7 Å². The lowest BCUT2D eigenvalue weighted by atomic mass is 10.2. The summed E-state index contributed by atoms with van der Waals surface area (Å²) in [4.78, 5) is 0.924. The van der Waals surface area contributed by atoms with Gasteiger partial charge in [0.2, 0.25) is 0 Å². The summed E-state index contributed by atoms with van der Waals surface area (Å²) in [5.41, 5.74) is 7.90. The summed E-state index contributed by atoms with van der Waals surface area (Å²) in [6.45, 7) is 7.13. The van der Waals surface area contributed by atoms with Gasteiger partial charge in [-0.05, 0) is 38.8 Å². The molecule has 3 nitrogen and oxygen atoms in total. The van der Waals surface area contributed by atoms with Crippen LogP contribution in [0.1, 0.15) is 24.5 Å². The SMILES string of the molecule is CCOC(CN)CCS(=O)c1ccc(C)cc1C. The Balaban J connectivity index is 2.59. The second kappa shape index (κ2) is 7.67. The molecule has 2 unspecified atom stereocenters. The maximum absolute atomic E-state index is 12.2. The average Bonchev–Trinajstić information content (AvgIpc) is 2.34. The molecule has 0 spiro atoms. The molecule has 2 atom stereocenters. The smallest absolute Gasteiger partial charge is 0.0706 e. The predicted molar refractivity (Wildman–Crippen MR) is 76.3 cm³/mol. The molecule has 0 aliphatic rings. The van der Waals surface area contributed by atoms with Crippen LogP contribution >= 0.6 is 0 Å². The molecule has 0 saturated carbocycles. The van der Waals surface area contributed by atoms with E-state index in [0.717, 1.165) is 16.9 Å². The van der Waals surface area contributed by atoms with Gasteiger partial charge in [-0.25, -0.2) is 0 Å². The first-order valence-electron chi connectivity index (χ1n) is 6.35. The van der Waals surface area contributed by atoms with Crippen molar-refractivity contribution < 1.29 is 8.95 Å². The van der Waals surface area contributed by atoms with Gasteiger partial charge in [-0.15, -0.1) is 0 Å².